The smallest absolute Gasteiger partial charge is 0.343 e. The van der Waals surface area contributed by atoms with Gasteiger partial charge in [-0.25, -0.2) is 9.59 Å². The summed E-state index contributed by atoms with van der Waals surface area (Å²) in [7, 11) is 0. The molecule has 0 fully saturated rings. The number of anilines is 3. The number of nitro groups is 2. The van der Waals surface area contributed by atoms with Gasteiger partial charge in [0, 0.05) is 58.0 Å². The molecule has 0 aliphatic carbocycles. The number of ether oxygens (including phenoxy) is 2. The summed E-state index contributed by atoms with van der Waals surface area (Å²) in [5, 5.41) is 39.4. The first-order valence-corrected chi connectivity index (χ1v) is 16.8. The normalized spacial score (nSPS) is 10.4. The van der Waals surface area contributed by atoms with Crippen LogP contribution in [-0.4, -0.2) is 44.6 Å². The van der Waals surface area contributed by atoms with Crippen molar-refractivity contribution in [1.29, 1.82) is 0 Å². The van der Waals surface area contributed by atoms with E-state index in [1.54, 1.807) is 0 Å². The van der Waals surface area contributed by atoms with Gasteiger partial charge >= 0.3 is 11.9 Å². The molecule has 0 unspecified atom stereocenters. The highest BCUT2D eigenvalue weighted by Crippen LogP contribution is 2.23. The number of hydrogen-bond acceptors (Lipinski definition) is 12. The second-order valence-electron chi connectivity index (χ2n) is 12.1. The van der Waals surface area contributed by atoms with Crippen molar-refractivity contribution in [3.05, 3.63) is 188 Å². The van der Waals surface area contributed by atoms with Crippen LogP contribution in [0.1, 0.15) is 51.8 Å². The molecule has 0 bridgehead atoms. The number of phenolic OH excluding ortho intramolecular Hbond substituents is 1. The van der Waals surface area contributed by atoms with Crippen molar-refractivity contribution in [2.45, 2.75) is 0 Å². The highest BCUT2D eigenvalue weighted by molar-refractivity contribution is 6.13. The molecule has 0 aliphatic rings. The largest absolute Gasteiger partial charge is 0.508 e. The Labute approximate surface area is 326 Å². The number of nitrogens with one attached hydrogen (secondary N) is 3. The molecule has 0 heterocycles. The van der Waals surface area contributed by atoms with Crippen molar-refractivity contribution in [1.82, 2.24) is 0 Å². The van der Waals surface area contributed by atoms with E-state index in [1.165, 1.54) is 140 Å². The molecule has 6 rings (SSSR count). The molecule has 58 heavy (non-hydrogen) atoms. The number of non-ortho nitro benzene ring substituents is 2. The van der Waals surface area contributed by atoms with E-state index in [0.29, 0.717) is 5.69 Å². The molecule has 0 atom stereocenters. The first kappa shape index (κ1) is 39.0. The van der Waals surface area contributed by atoms with E-state index in [-0.39, 0.29) is 67.8 Å². The molecule has 0 spiro atoms. The average molecular weight is 782 g/mol. The lowest BCUT2D eigenvalue weighted by molar-refractivity contribution is -0.385. The SMILES string of the molecule is O=C(Nc1ccc(O)cc1)c1cc(C(=O)Nc2ccc(OC(=O)c3ccc([N+](=O)[O-])cc3)cc2)cc(C(=O)Nc2ccc(OC(=O)c3ccc([N+](=O)[O-])cc3)cc2)c1. The van der Waals surface area contributed by atoms with E-state index in [1.807, 2.05) is 0 Å². The van der Waals surface area contributed by atoms with Gasteiger partial charge in [-0.3, -0.25) is 34.6 Å². The maximum atomic E-state index is 13.5. The first-order chi connectivity index (χ1) is 27.8. The summed E-state index contributed by atoms with van der Waals surface area (Å²) in [5.74, 6) is -3.41. The number of carbonyl (C=O) groups excluding carboxylic acids is 5. The summed E-state index contributed by atoms with van der Waals surface area (Å²) < 4.78 is 10.6. The van der Waals surface area contributed by atoms with Crippen LogP contribution in [0.25, 0.3) is 0 Å². The quantitative estimate of drug-likeness (QED) is 0.0312. The topological polar surface area (TPSA) is 246 Å². The Balaban J connectivity index is 1.16. The summed E-state index contributed by atoms with van der Waals surface area (Å²) in [4.78, 5) is 86.0. The molecule has 0 aliphatic heterocycles. The summed E-state index contributed by atoms with van der Waals surface area (Å²) in [5.41, 5.74) is 0.414. The number of carbonyl (C=O) groups is 5. The molecule has 3 amide bonds. The lowest BCUT2D eigenvalue weighted by Gasteiger charge is -2.12. The van der Waals surface area contributed by atoms with Gasteiger partial charge in [-0.2, -0.15) is 0 Å². The monoisotopic (exact) mass is 781 g/mol. The Kier molecular flexibility index (Phi) is 11.5. The molecule has 17 nitrogen and oxygen atoms in total. The first-order valence-electron chi connectivity index (χ1n) is 16.8. The maximum Gasteiger partial charge on any atom is 0.343 e. The minimum Gasteiger partial charge on any atom is -0.508 e. The van der Waals surface area contributed by atoms with E-state index in [0.717, 1.165) is 0 Å². The number of rotatable bonds is 12. The van der Waals surface area contributed by atoms with Crippen molar-refractivity contribution in [3.8, 4) is 17.2 Å². The van der Waals surface area contributed by atoms with Gasteiger partial charge in [0.1, 0.15) is 17.2 Å². The second-order valence-corrected chi connectivity index (χ2v) is 12.1. The van der Waals surface area contributed by atoms with Crippen LogP contribution >= 0.6 is 0 Å². The van der Waals surface area contributed by atoms with E-state index in [2.05, 4.69) is 16.0 Å². The summed E-state index contributed by atoms with van der Waals surface area (Å²) in [6, 6.07) is 30.5. The minimum atomic E-state index is -0.765. The molecular weight excluding hydrogens is 754 g/mol. The standard InChI is InChI=1S/C41H27N5O12/c47-34-15-5-29(6-16-34)42-37(48)26-21-27(38(49)43-30-7-17-35(18-8-30)57-40(51)24-1-11-32(12-2-24)45(53)54)23-28(22-26)39(50)44-31-9-19-36(20-10-31)58-41(52)25-3-13-33(14-4-25)46(55)56/h1-23,47H,(H,42,48)(H,43,49)(H,44,50). The van der Waals surface area contributed by atoms with Gasteiger partial charge in [0.25, 0.3) is 29.1 Å². The van der Waals surface area contributed by atoms with Crippen LogP contribution < -0.4 is 25.4 Å². The van der Waals surface area contributed by atoms with Gasteiger partial charge in [0.15, 0.2) is 0 Å². The molecule has 0 aromatic heterocycles. The third-order valence-electron chi connectivity index (χ3n) is 8.12. The van der Waals surface area contributed by atoms with Crippen molar-refractivity contribution in [3.63, 3.8) is 0 Å². The Hall–Kier alpha value is -8.73. The summed E-state index contributed by atoms with van der Waals surface area (Å²) in [6.45, 7) is 0. The fourth-order valence-corrected chi connectivity index (χ4v) is 5.16. The maximum absolute atomic E-state index is 13.5. The lowest BCUT2D eigenvalue weighted by atomic mass is 10.0. The van der Waals surface area contributed by atoms with Crippen molar-refractivity contribution >= 4 is 58.1 Å². The van der Waals surface area contributed by atoms with Gasteiger partial charge in [-0.05, 0) is 115 Å². The van der Waals surface area contributed by atoms with E-state index >= 15 is 0 Å². The number of hydrogen-bond donors (Lipinski definition) is 4. The Bertz CT molecular complexity index is 2410. The van der Waals surface area contributed by atoms with Crippen molar-refractivity contribution in [2.75, 3.05) is 16.0 Å². The van der Waals surface area contributed by atoms with Crippen LogP contribution in [0.5, 0.6) is 17.2 Å². The molecule has 6 aromatic carbocycles. The Morgan fingerprint density at radius 3 is 1.02 bits per heavy atom. The van der Waals surface area contributed by atoms with E-state index in [4.69, 9.17) is 9.47 Å². The third-order valence-corrected chi connectivity index (χ3v) is 8.12. The number of esters is 2. The zero-order chi connectivity index (χ0) is 41.3. The number of nitro benzene ring substituents is 2. The molecule has 288 valence electrons. The predicted molar refractivity (Wildman–Crippen MR) is 207 cm³/mol. The van der Waals surface area contributed by atoms with Gasteiger partial charge < -0.3 is 30.5 Å². The molecule has 4 N–H and O–H groups in total. The van der Waals surface area contributed by atoms with Crippen LogP contribution in [0.3, 0.4) is 0 Å². The molecule has 0 saturated carbocycles. The highest BCUT2D eigenvalue weighted by atomic mass is 16.6. The van der Waals surface area contributed by atoms with Gasteiger partial charge in [-0.15, -0.1) is 0 Å². The number of benzene rings is 6. The Morgan fingerprint density at radius 1 is 0.431 bits per heavy atom. The van der Waals surface area contributed by atoms with Gasteiger partial charge in [0.2, 0.25) is 0 Å². The zero-order valence-electron chi connectivity index (χ0n) is 29.6. The highest BCUT2D eigenvalue weighted by Gasteiger charge is 2.19. The zero-order valence-corrected chi connectivity index (χ0v) is 29.6. The van der Waals surface area contributed by atoms with Gasteiger partial charge in [0.05, 0.1) is 21.0 Å². The van der Waals surface area contributed by atoms with Crippen LogP contribution in [0, 0.1) is 20.2 Å². The number of amides is 3. The van der Waals surface area contributed by atoms with Gasteiger partial charge in [-0.1, -0.05) is 0 Å². The molecule has 0 radical (unpaired) electrons. The van der Waals surface area contributed by atoms with Crippen molar-refractivity contribution in [2.24, 2.45) is 0 Å². The van der Waals surface area contributed by atoms with Crippen LogP contribution in [0.2, 0.25) is 0 Å². The van der Waals surface area contributed by atoms with Crippen LogP contribution in [0.15, 0.2) is 140 Å². The molecular formula is C41H27N5O12. The number of nitrogens with zero attached hydrogens (tertiary/aromatic N) is 2. The number of aromatic hydroxyl groups is 1. The molecule has 17 heteroatoms. The van der Waals surface area contributed by atoms with Crippen LogP contribution in [-0.2, 0) is 0 Å². The van der Waals surface area contributed by atoms with E-state index in [9.17, 15) is 49.3 Å². The van der Waals surface area contributed by atoms with E-state index < -0.39 is 39.5 Å². The lowest BCUT2D eigenvalue weighted by Crippen LogP contribution is -2.19. The van der Waals surface area contributed by atoms with Crippen LogP contribution in [0.4, 0.5) is 28.4 Å². The average Bonchev–Trinajstić information content (AvgIpc) is 3.22. The molecule has 0 saturated heterocycles. The van der Waals surface area contributed by atoms with Crippen molar-refractivity contribution < 1.29 is 48.4 Å². The third kappa shape index (κ3) is 9.87. The Morgan fingerprint density at radius 2 is 0.724 bits per heavy atom. The summed E-state index contributed by atoms with van der Waals surface area (Å²) >= 11 is 0. The number of phenols is 1. The minimum absolute atomic E-state index is 0.0259. The predicted octanol–water partition coefficient (Wildman–Crippen LogP) is 7.40. The summed E-state index contributed by atoms with van der Waals surface area (Å²) in [6.07, 6.45) is 0. The fraction of sp³-hybridized carbons (Fsp3) is 0. The fourth-order valence-electron chi connectivity index (χ4n) is 5.16. The second kappa shape index (κ2) is 17.2. The molecule has 6 aromatic rings.